The zero-order valence-corrected chi connectivity index (χ0v) is 13.2. The first-order chi connectivity index (χ1) is 11.6. The number of carbonyl (C=O) groups is 2. The predicted molar refractivity (Wildman–Crippen MR) is 90.8 cm³/mol. The summed E-state index contributed by atoms with van der Waals surface area (Å²) < 4.78 is 5.64. The number of nitrogens with one attached hydrogen (secondary N) is 1. The van der Waals surface area contributed by atoms with E-state index in [1.807, 2.05) is 25.1 Å². The first-order valence-electron chi connectivity index (χ1n) is 7.68. The number of rotatable bonds is 4. The molecule has 7 heteroatoms. The second-order valence-electron chi connectivity index (χ2n) is 5.41. The Kier molecular flexibility index (Phi) is 4.33. The lowest BCUT2D eigenvalue weighted by Crippen LogP contribution is -2.49. The van der Waals surface area contributed by atoms with Crippen LogP contribution in [0.3, 0.4) is 0 Å². The molecule has 0 bridgehead atoms. The van der Waals surface area contributed by atoms with E-state index in [2.05, 4.69) is 10.3 Å². The third-order valence-electron chi connectivity index (χ3n) is 3.66. The molecular formula is C17H18N4O3. The molecule has 0 saturated carbocycles. The highest BCUT2D eigenvalue weighted by atomic mass is 16.5. The highest BCUT2D eigenvalue weighted by Gasteiger charge is 2.35. The number of aromatic nitrogens is 1. The van der Waals surface area contributed by atoms with Crippen molar-refractivity contribution in [3.63, 3.8) is 0 Å². The number of nitrogens with two attached hydrogens (primary N) is 1. The zero-order valence-electron chi connectivity index (χ0n) is 13.2. The summed E-state index contributed by atoms with van der Waals surface area (Å²) >= 11 is 0. The maximum absolute atomic E-state index is 12.6. The summed E-state index contributed by atoms with van der Waals surface area (Å²) in [7, 11) is 0. The Labute approximate surface area is 139 Å². The number of nitrogen functional groups attached to an aromatic ring is 1. The van der Waals surface area contributed by atoms with E-state index in [1.165, 1.54) is 4.90 Å². The van der Waals surface area contributed by atoms with E-state index in [1.54, 1.807) is 24.3 Å². The van der Waals surface area contributed by atoms with Crippen molar-refractivity contribution in [2.45, 2.75) is 19.4 Å². The summed E-state index contributed by atoms with van der Waals surface area (Å²) in [5.41, 5.74) is 6.37. The van der Waals surface area contributed by atoms with E-state index >= 15 is 0 Å². The van der Waals surface area contributed by atoms with Crippen LogP contribution < -0.4 is 20.7 Å². The molecule has 1 aromatic heterocycles. The maximum atomic E-state index is 12.6. The van der Waals surface area contributed by atoms with Crippen LogP contribution in [0.15, 0.2) is 42.5 Å². The summed E-state index contributed by atoms with van der Waals surface area (Å²) in [6, 6.07) is 12.3. The molecule has 0 radical (unpaired) electrons. The fourth-order valence-corrected chi connectivity index (χ4v) is 2.49. The van der Waals surface area contributed by atoms with Crippen LogP contribution in [0.2, 0.25) is 0 Å². The second kappa shape index (κ2) is 6.57. The second-order valence-corrected chi connectivity index (χ2v) is 5.41. The van der Waals surface area contributed by atoms with E-state index in [4.69, 9.17) is 10.5 Å². The van der Waals surface area contributed by atoms with Crippen molar-refractivity contribution >= 4 is 29.1 Å². The van der Waals surface area contributed by atoms with Crippen molar-refractivity contribution < 1.29 is 14.3 Å². The summed E-state index contributed by atoms with van der Waals surface area (Å²) in [6.07, 6.45) is -0.133. The Hall–Kier alpha value is -3.09. The van der Waals surface area contributed by atoms with Crippen molar-refractivity contribution in [3.8, 4) is 5.75 Å². The molecule has 1 aliphatic heterocycles. The molecule has 0 saturated heterocycles. The van der Waals surface area contributed by atoms with Crippen LogP contribution in [0.4, 0.5) is 17.3 Å². The lowest BCUT2D eigenvalue weighted by atomic mass is 10.2. The number of nitrogens with zero attached hydrogens (tertiary/aromatic N) is 2. The molecule has 124 valence electrons. The highest BCUT2D eigenvalue weighted by Crippen LogP contribution is 2.33. The number of amides is 2. The van der Waals surface area contributed by atoms with Crippen LogP contribution in [0.5, 0.6) is 5.75 Å². The number of hydrogen-bond acceptors (Lipinski definition) is 5. The summed E-state index contributed by atoms with van der Waals surface area (Å²) in [5, 5.41) is 2.76. The number of carbonyl (C=O) groups excluding carboxylic acids is 2. The Bertz CT molecular complexity index is 764. The van der Waals surface area contributed by atoms with Gasteiger partial charge in [0, 0.05) is 5.69 Å². The number of ether oxygens (including phenoxy) is 1. The number of fused-ring (bicyclic) bond motifs is 1. The molecule has 1 atom stereocenters. The quantitative estimate of drug-likeness (QED) is 0.893. The topological polar surface area (TPSA) is 97.6 Å². The Morgan fingerprint density at radius 1 is 1.29 bits per heavy atom. The average Bonchev–Trinajstić information content (AvgIpc) is 2.58. The minimum Gasteiger partial charge on any atom is -0.477 e. The SMILES string of the molecule is CCC1Oc2ccc(N)nc2N(CC(=O)Nc2ccccc2)C1=O. The monoisotopic (exact) mass is 326 g/mol. The van der Waals surface area contributed by atoms with Gasteiger partial charge in [0.1, 0.15) is 12.4 Å². The number of hydrogen-bond donors (Lipinski definition) is 2. The minimum atomic E-state index is -0.632. The molecular weight excluding hydrogens is 308 g/mol. The first kappa shape index (κ1) is 15.8. The normalized spacial score (nSPS) is 16.3. The Balaban J connectivity index is 1.84. The summed E-state index contributed by atoms with van der Waals surface area (Å²) in [4.78, 5) is 30.3. The standard InChI is InChI=1S/C17H18N4O3/c1-2-12-17(23)21(16-13(24-12)8-9-14(18)20-16)10-15(22)19-11-6-4-3-5-7-11/h3-9,12H,2,10H2,1H3,(H2,18,20)(H,19,22). The van der Waals surface area contributed by atoms with Gasteiger partial charge in [-0.3, -0.25) is 14.5 Å². The summed E-state index contributed by atoms with van der Waals surface area (Å²) in [5.74, 6) is 0.359. The van der Waals surface area contributed by atoms with Gasteiger partial charge in [0.2, 0.25) is 5.91 Å². The number of pyridine rings is 1. The van der Waals surface area contributed by atoms with Gasteiger partial charge in [0.25, 0.3) is 5.91 Å². The molecule has 0 fully saturated rings. The van der Waals surface area contributed by atoms with E-state index in [9.17, 15) is 9.59 Å². The highest BCUT2D eigenvalue weighted by molar-refractivity contribution is 6.05. The van der Waals surface area contributed by atoms with E-state index < -0.39 is 6.10 Å². The van der Waals surface area contributed by atoms with Crippen LogP contribution in [-0.2, 0) is 9.59 Å². The van der Waals surface area contributed by atoms with E-state index in [0.717, 1.165) is 0 Å². The molecule has 1 aliphatic rings. The van der Waals surface area contributed by atoms with Gasteiger partial charge in [-0.2, -0.15) is 0 Å². The lowest BCUT2D eigenvalue weighted by molar-refractivity contribution is -0.128. The lowest BCUT2D eigenvalue weighted by Gasteiger charge is -2.32. The molecule has 2 heterocycles. The van der Waals surface area contributed by atoms with E-state index in [-0.39, 0.29) is 30.0 Å². The van der Waals surface area contributed by atoms with Crippen LogP contribution in [0.1, 0.15) is 13.3 Å². The first-order valence-corrected chi connectivity index (χ1v) is 7.68. The van der Waals surface area contributed by atoms with Gasteiger partial charge >= 0.3 is 0 Å². The molecule has 0 spiro atoms. The van der Waals surface area contributed by atoms with Crippen molar-refractivity contribution in [2.75, 3.05) is 22.5 Å². The molecule has 3 rings (SSSR count). The van der Waals surface area contributed by atoms with Crippen molar-refractivity contribution in [2.24, 2.45) is 0 Å². The number of benzene rings is 1. The Morgan fingerprint density at radius 2 is 2.04 bits per heavy atom. The summed E-state index contributed by atoms with van der Waals surface area (Å²) in [6.45, 7) is 1.69. The van der Waals surface area contributed by atoms with Crippen molar-refractivity contribution in [3.05, 3.63) is 42.5 Å². The molecule has 0 aliphatic carbocycles. The molecule has 7 nitrogen and oxygen atoms in total. The Morgan fingerprint density at radius 3 is 2.75 bits per heavy atom. The zero-order chi connectivity index (χ0) is 17.1. The molecule has 1 aromatic carbocycles. The molecule has 2 aromatic rings. The fraction of sp³-hybridized carbons (Fsp3) is 0.235. The van der Waals surface area contributed by atoms with Gasteiger partial charge in [-0.25, -0.2) is 4.98 Å². The van der Waals surface area contributed by atoms with Crippen molar-refractivity contribution in [1.82, 2.24) is 4.98 Å². The minimum absolute atomic E-state index is 0.156. The van der Waals surface area contributed by atoms with Crippen LogP contribution in [0, 0.1) is 0 Å². The van der Waals surface area contributed by atoms with Gasteiger partial charge in [-0.05, 0) is 30.7 Å². The van der Waals surface area contributed by atoms with Crippen molar-refractivity contribution in [1.29, 1.82) is 0 Å². The number of para-hydroxylation sites is 1. The van der Waals surface area contributed by atoms with Crippen LogP contribution in [0.25, 0.3) is 0 Å². The largest absolute Gasteiger partial charge is 0.477 e. The molecule has 1 unspecified atom stereocenters. The average molecular weight is 326 g/mol. The van der Waals surface area contributed by atoms with Crippen LogP contribution in [-0.4, -0.2) is 29.4 Å². The molecule has 2 amide bonds. The van der Waals surface area contributed by atoms with Crippen LogP contribution >= 0.6 is 0 Å². The predicted octanol–water partition coefficient (Wildman–Crippen LogP) is 1.81. The molecule has 24 heavy (non-hydrogen) atoms. The van der Waals surface area contributed by atoms with Gasteiger partial charge in [-0.15, -0.1) is 0 Å². The van der Waals surface area contributed by atoms with Gasteiger partial charge < -0.3 is 15.8 Å². The third-order valence-corrected chi connectivity index (χ3v) is 3.66. The fourth-order valence-electron chi connectivity index (χ4n) is 2.49. The van der Waals surface area contributed by atoms with Gasteiger partial charge in [0.05, 0.1) is 0 Å². The van der Waals surface area contributed by atoms with E-state index in [0.29, 0.717) is 17.9 Å². The van der Waals surface area contributed by atoms with Gasteiger partial charge in [-0.1, -0.05) is 25.1 Å². The van der Waals surface area contributed by atoms with Gasteiger partial charge in [0.15, 0.2) is 17.7 Å². The molecule has 3 N–H and O–H groups in total. The maximum Gasteiger partial charge on any atom is 0.269 e. The third kappa shape index (κ3) is 3.15. The number of anilines is 3. The smallest absolute Gasteiger partial charge is 0.269 e.